The molecule has 0 bridgehead atoms. The maximum absolute atomic E-state index is 14.8. The number of hydrogen-bond acceptors (Lipinski definition) is 10. The summed E-state index contributed by atoms with van der Waals surface area (Å²) >= 11 is 0. The van der Waals surface area contributed by atoms with Gasteiger partial charge in [-0.25, -0.2) is 22.6 Å². The first-order valence-corrected chi connectivity index (χ1v) is 22.8. The van der Waals surface area contributed by atoms with Crippen molar-refractivity contribution in [2.45, 2.75) is 108 Å². The second-order valence-corrected chi connectivity index (χ2v) is 21.2. The maximum Gasteiger partial charge on any atom is 0.408 e. The first kappa shape index (κ1) is 46.0. The Balaban J connectivity index is 1.20. The summed E-state index contributed by atoms with van der Waals surface area (Å²) in [5, 5.41) is 6.20. The average molecular weight is 898 g/mol. The lowest BCUT2D eigenvalue weighted by Gasteiger charge is -2.36. The van der Waals surface area contributed by atoms with Crippen LogP contribution in [-0.2, 0) is 35.6 Å². The molecule has 3 aliphatic rings. The van der Waals surface area contributed by atoms with Crippen LogP contribution in [0.4, 0.5) is 9.18 Å². The van der Waals surface area contributed by atoms with Gasteiger partial charge < -0.3 is 29.7 Å². The van der Waals surface area contributed by atoms with Crippen molar-refractivity contribution in [1.29, 1.82) is 0 Å². The Labute approximate surface area is 373 Å². The standard InChI is InChI=1S/C48H56FN5O9S/c1-9-31-27-48(31,43(57)53-64(59,60)47(21-22-47)26-30-17-13-14-18-35(30)49)52-41(55)38-24-33(28-54(38)42(56)40(45(2,3)4)51-44(58)63-46(5,6)7)62-39-25-36(29-15-11-10-12-16-29)50-37-23-32(61-8)19-20-34(37)39/h9-20,23,25,31,33,38,40H,1,21-22,24,26-28H2,2-8H3,(H,51,58)(H,52,55)(H,53,57)/t31-,33-,38+,40-,48-/m1/s1. The van der Waals surface area contributed by atoms with Crippen LogP contribution in [0.5, 0.6) is 11.5 Å². The number of carbonyl (C=O) groups is 4. The van der Waals surface area contributed by atoms with E-state index in [1.165, 1.54) is 29.2 Å². The summed E-state index contributed by atoms with van der Waals surface area (Å²) in [7, 11) is -2.80. The molecule has 340 valence electrons. The van der Waals surface area contributed by atoms with E-state index in [2.05, 4.69) is 21.9 Å². The van der Waals surface area contributed by atoms with Crippen molar-refractivity contribution in [3.05, 3.63) is 103 Å². The van der Waals surface area contributed by atoms with Gasteiger partial charge in [0, 0.05) is 35.4 Å². The van der Waals surface area contributed by atoms with Crippen LogP contribution in [0.3, 0.4) is 0 Å². The van der Waals surface area contributed by atoms with E-state index >= 15 is 0 Å². The largest absolute Gasteiger partial charge is 0.497 e. The molecule has 5 atom stereocenters. The Morgan fingerprint density at radius 3 is 2.28 bits per heavy atom. The number of benzene rings is 3. The highest BCUT2D eigenvalue weighted by atomic mass is 32.2. The van der Waals surface area contributed by atoms with Crippen molar-refractivity contribution in [3.8, 4) is 22.8 Å². The number of sulfonamides is 1. The molecule has 16 heteroatoms. The molecule has 1 aliphatic heterocycles. The number of fused-ring (bicyclic) bond motifs is 1. The highest BCUT2D eigenvalue weighted by Crippen LogP contribution is 2.49. The van der Waals surface area contributed by atoms with E-state index in [1.807, 2.05) is 36.4 Å². The number of aromatic nitrogens is 1. The fraction of sp³-hybridized carbons (Fsp3) is 0.438. The molecular formula is C48H56FN5O9S. The van der Waals surface area contributed by atoms with Crippen LogP contribution in [0.15, 0.2) is 91.5 Å². The summed E-state index contributed by atoms with van der Waals surface area (Å²) in [5.74, 6) is -2.46. The quantitative estimate of drug-likeness (QED) is 0.116. The second kappa shape index (κ2) is 17.2. The Bertz CT molecular complexity index is 2590. The Morgan fingerprint density at radius 2 is 1.67 bits per heavy atom. The van der Waals surface area contributed by atoms with E-state index in [0.29, 0.717) is 28.1 Å². The molecule has 3 N–H and O–H groups in total. The Morgan fingerprint density at radius 1 is 0.984 bits per heavy atom. The predicted octanol–water partition coefficient (Wildman–Crippen LogP) is 6.62. The normalized spacial score (nSPS) is 21.9. The lowest BCUT2D eigenvalue weighted by molar-refractivity contribution is -0.143. The van der Waals surface area contributed by atoms with Crippen LogP contribution in [0.1, 0.15) is 72.8 Å². The number of likely N-dealkylation sites (tertiary alicyclic amines) is 1. The van der Waals surface area contributed by atoms with Gasteiger partial charge in [0.2, 0.25) is 21.8 Å². The number of amides is 4. The summed E-state index contributed by atoms with van der Waals surface area (Å²) in [5.41, 5.74) is -1.22. The lowest BCUT2D eigenvalue weighted by atomic mass is 9.85. The average Bonchev–Trinajstić information content (AvgIpc) is 4.14. The number of hydrogen-bond donors (Lipinski definition) is 3. The fourth-order valence-corrected chi connectivity index (χ4v) is 9.91. The van der Waals surface area contributed by atoms with Crippen LogP contribution in [0.2, 0.25) is 0 Å². The molecule has 4 amide bonds. The van der Waals surface area contributed by atoms with Crippen LogP contribution >= 0.6 is 0 Å². The predicted molar refractivity (Wildman–Crippen MR) is 239 cm³/mol. The monoisotopic (exact) mass is 897 g/mol. The van der Waals surface area contributed by atoms with Crippen molar-refractivity contribution in [2.75, 3.05) is 13.7 Å². The molecule has 3 aromatic carbocycles. The van der Waals surface area contributed by atoms with Gasteiger partial charge in [-0.2, -0.15) is 0 Å². The van der Waals surface area contributed by atoms with Gasteiger partial charge in [-0.05, 0) is 75.6 Å². The molecule has 0 spiro atoms. The third-order valence-corrected chi connectivity index (χ3v) is 14.2. The Hall–Kier alpha value is -6.03. The molecule has 14 nitrogen and oxygen atoms in total. The molecule has 4 aromatic rings. The molecule has 2 saturated carbocycles. The minimum atomic E-state index is -4.36. The number of nitrogens with zero attached hydrogens (tertiary/aromatic N) is 2. The van der Waals surface area contributed by atoms with E-state index < -0.39 is 85.1 Å². The zero-order valence-corrected chi connectivity index (χ0v) is 38.0. The number of halogens is 1. The minimum absolute atomic E-state index is 0.0397. The molecule has 3 fully saturated rings. The molecule has 7 rings (SSSR count). The molecule has 2 heterocycles. The number of pyridine rings is 1. The second-order valence-electron chi connectivity index (χ2n) is 19.1. The lowest BCUT2D eigenvalue weighted by Crippen LogP contribution is -2.60. The van der Waals surface area contributed by atoms with Crippen LogP contribution in [-0.4, -0.2) is 89.8 Å². The van der Waals surface area contributed by atoms with Gasteiger partial charge in [0.1, 0.15) is 46.6 Å². The van der Waals surface area contributed by atoms with Crippen molar-refractivity contribution in [2.24, 2.45) is 11.3 Å². The van der Waals surface area contributed by atoms with Crippen molar-refractivity contribution < 1.29 is 46.2 Å². The number of nitrogens with one attached hydrogen (secondary N) is 3. The molecule has 0 radical (unpaired) electrons. The van der Waals surface area contributed by atoms with Gasteiger partial charge >= 0.3 is 6.09 Å². The summed E-state index contributed by atoms with van der Waals surface area (Å²) in [6, 6.07) is 20.2. The molecule has 1 aromatic heterocycles. The van der Waals surface area contributed by atoms with Gasteiger partial charge in [-0.3, -0.25) is 19.1 Å². The smallest absolute Gasteiger partial charge is 0.408 e. The van der Waals surface area contributed by atoms with Crippen molar-refractivity contribution >= 4 is 44.7 Å². The van der Waals surface area contributed by atoms with Crippen LogP contribution in [0.25, 0.3) is 22.2 Å². The zero-order chi connectivity index (χ0) is 46.4. The van der Waals surface area contributed by atoms with Gasteiger partial charge in [-0.1, -0.05) is 75.4 Å². The van der Waals surface area contributed by atoms with Crippen LogP contribution < -0.4 is 24.8 Å². The summed E-state index contributed by atoms with van der Waals surface area (Å²) in [6.07, 6.45) is 0.163. The third kappa shape index (κ3) is 9.57. The highest BCUT2D eigenvalue weighted by Gasteiger charge is 2.64. The SMILES string of the molecule is C=C[C@@H]1C[C@]1(NC(=O)[C@@H]1C[C@@H](Oc2cc(-c3ccccc3)nc3cc(OC)ccc23)CN1C(=O)[C@@H](NC(=O)OC(C)(C)C)C(C)(C)C)C(=O)NS(=O)(=O)C1(Cc2ccccc2F)CC1. The number of carbonyl (C=O) groups excluding carboxylic acids is 4. The van der Waals surface area contributed by atoms with Gasteiger partial charge in [-0.15, -0.1) is 6.58 Å². The number of ether oxygens (including phenoxy) is 3. The van der Waals surface area contributed by atoms with Crippen LogP contribution in [0, 0.1) is 17.2 Å². The van der Waals surface area contributed by atoms with Gasteiger partial charge in [0.05, 0.1) is 29.6 Å². The van der Waals surface area contributed by atoms with E-state index in [1.54, 1.807) is 72.9 Å². The fourth-order valence-electron chi connectivity index (χ4n) is 8.28. The summed E-state index contributed by atoms with van der Waals surface area (Å²) < 4.78 is 61.0. The topological polar surface area (TPSA) is 182 Å². The minimum Gasteiger partial charge on any atom is -0.497 e. The number of rotatable bonds is 14. The van der Waals surface area contributed by atoms with Gasteiger partial charge in [0.15, 0.2) is 0 Å². The third-order valence-electron chi connectivity index (χ3n) is 12.1. The number of methoxy groups -OCH3 is 1. The molecular weight excluding hydrogens is 842 g/mol. The number of alkyl carbamates (subject to hydrolysis) is 1. The van der Waals surface area contributed by atoms with Crippen molar-refractivity contribution in [3.63, 3.8) is 0 Å². The summed E-state index contributed by atoms with van der Waals surface area (Å²) in [4.78, 5) is 63.1. The molecule has 64 heavy (non-hydrogen) atoms. The summed E-state index contributed by atoms with van der Waals surface area (Å²) in [6.45, 7) is 14.1. The highest BCUT2D eigenvalue weighted by molar-refractivity contribution is 7.91. The van der Waals surface area contributed by atoms with E-state index in [-0.39, 0.29) is 44.2 Å². The van der Waals surface area contributed by atoms with Crippen molar-refractivity contribution in [1.82, 2.24) is 25.2 Å². The van der Waals surface area contributed by atoms with E-state index in [0.717, 1.165) is 5.56 Å². The zero-order valence-electron chi connectivity index (χ0n) is 37.2. The van der Waals surface area contributed by atoms with E-state index in [4.69, 9.17) is 19.2 Å². The van der Waals surface area contributed by atoms with E-state index in [9.17, 15) is 32.0 Å². The first-order chi connectivity index (χ1) is 30.1. The molecule has 2 aliphatic carbocycles. The van der Waals surface area contributed by atoms with Gasteiger partial charge in [0.25, 0.3) is 5.91 Å². The Kier molecular flexibility index (Phi) is 12.3. The first-order valence-electron chi connectivity index (χ1n) is 21.3. The molecule has 1 saturated heterocycles. The maximum atomic E-state index is 14.8. The molecule has 0 unspecified atom stereocenters.